The molecular weight excluding hydrogens is 427 g/mol. The summed E-state index contributed by atoms with van der Waals surface area (Å²) in [4.78, 5) is 56.4. The van der Waals surface area contributed by atoms with Gasteiger partial charge >= 0.3 is 12.1 Å². The van der Waals surface area contributed by atoms with Crippen LogP contribution in [0.2, 0.25) is 6.82 Å². The number of nitrogens with one attached hydrogen (secondary N) is 1. The molecule has 0 unspecified atom stereocenters. The number of methoxy groups -OCH3 is 1. The Morgan fingerprint density at radius 2 is 1.88 bits per heavy atom. The van der Waals surface area contributed by atoms with E-state index in [-0.39, 0.29) is 11.7 Å². The van der Waals surface area contributed by atoms with Gasteiger partial charge < -0.3 is 14.8 Å². The third-order valence-electron chi connectivity index (χ3n) is 6.32. The van der Waals surface area contributed by atoms with Crippen LogP contribution < -0.4 is 10.8 Å². The molecule has 33 heavy (non-hydrogen) atoms. The van der Waals surface area contributed by atoms with Crippen LogP contribution in [-0.4, -0.2) is 67.5 Å². The van der Waals surface area contributed by atoms with Gasteiger partial charge in [-0.2, -0.15) is 0 Å². The molecule has 10 heteroatoms. The van der Waals surface area contributed by atoms with E-state index < -0.39 is 42.3 Å². The minimum atomic E-state index is -0.992. The molecule has 1 N–H and O–H groups in total. The third-order valence-corrected chi connectivity index (χ3v) is 6.32. The first-order chi connectivity index (χ1) is 15.7. The first-order valence-corrected chi connectivity index (χ1v) is 11.3. The summed E-state index contributed by atoms with van der Waals surface area (Å²) >= 11 is 0. The number of carbonyl (C=O) groups excluding carboxylic acids is 4. The van der Waals surface area contributed by atoms with Crippen molar-refractivity contribution in [2.24, 2.45) is 5.92 Å². The predicted octanol–water partition coefficient (Wildman–Crippen LogP) is 1.36. The molecule has 1 saturated heterocycles. The Bertz CT molecular complexity index is 899. The maximum absolute atomic E-state index is 13.3. The van der Waals surface area contributed by atoms with Crippen LogP contribution in [0.15, 0.2) is 24.3 Å². The van der Waals surface area contributed by atoms with Crippen LogP contribution in [0.4, 0.5) is 4.79 Å². The molecule has 1 saturated carbocycles. The fourth-order valence-corrected chi connectivity index (χ4v) is 4.07. The van der Waals surface area contributed by atoms with Crippen molar-refractivity contribution < 1.29 is 33.5 Å². The zero-order chi connectivity index (χ0) is 24.2. The zero-order valence-electron chi connectivity index (χ0n) is 19.6. The fourth-order valence-electron chi connectivity index (χ4n) is 4.07. The Morgan fingerprint density at radius 3 is 2.39 bits per heavy atom. The van der Waals surface area contributed by atoms with Crippen molar-refractivity contribution in [3.8, 4) is 0 Å². The molecule has 0 radical (unpaired) electrons. The number of benzene rings is 1. The first kappa shape index (κ1) is 24.8. The number of alkyl carbamates (subject to hydrolysis) is 1. The highest BCUT2D eigenvalue weighted by Gasteiger charge is 2.55. The Labute approximate surface area is 194 Å². The van der Waals surface area contributed by atoms with Crippen molar-refractivity contribution >= 4 is 36.5 Å². The minimum absolute atomic E-state index is 0.275. The lowest BCUT2D eigenvalue weighted by atomic mass is 9.73. The SMILES string of the molecule is CBc1ccc(C(=O)COC(=O)[C@@H]2CC3(CCC3)ON2C(=O)[C@@H](NC(=O)OC)C(C)C)cc1. The van der Waals surface area contributed by atoms with E-state index in [2.05, 4.69) is 10.1 Å². The molecule has 3 rings (SSSR count). The summed E-state index contributed by atoms with van der Waals surface area (Å²) in [5.41, 5.74) is 0.965. The highest BCUT2D eigenvalue weighted by Crippen LogP contribution is 2.46. The average molecular weight is 458 g/mol. The van der Waals surface area contributed by atoms with Gasteiger partial charge in [0.2, 0.25) is 0 Å². The van der Waals surface area contributed by atoms with Crippen LogP contribution in [-0.2, 0) is 23.9 Å². The Hall–Kier alpha value is -2.88. The summed E-state index contributed by atoms with van der Waals surface area (Å²) in [5, 5.41) is 3.54. The number of esters is 1. The largest absolute Gasteiger partial charge is 0.456 e. The van der Waals surface area contributed by atoms with Gasteiger partial charge in [-0.15, -0.1) is 0 Å². The van der Waals surface area contributed by atoms with Gasteiger partial charge in [0, 0.05) is 12.0 Å². The molecule has 1 heterocycles. The van der Waals surface area contributed by atoms with Crippen molar-refractivity contribution in [2.75, 3.05) is 13.7 Å². The number of hydrogen-bond donors (Lipinski definition) is 1. The van der Waals surface area contributed by atoms with E-state index in [1.807, 2.05) is 19.0 Å². The lowest BCUT2D eigenvalue weighted by Crippen LogP contribution is -2.54. The van der Waals surface area contributed by atoms with Gasteiger partial charge in [-0.05, 0) is 25.2 Å². The van der Waals surface area contributed by atoms with Crippen LogP contribution in [0.5, 0.6) is 0 Å². The second-order valence-electron chi connectivity index (χ2n) is 8.95. The van der Waals surface area contributed by atoms with Gasteiger partial charge in [-0.3, -0.25) is 14.4 Å². The maximum Gasteiger partial charge on any atom is 0.407 e. The standard InChI is InChI=1S/C23H31BN2O7/c1-14(2)19(25-22(30)31-4)20(28)26-17(12-23(33-26)10-5-11-23)21(29)32-13-18(27)15-6-8-16(24-3)9-7-15/h6-9,14,17,19,24H,5,10-13H2,1-4H3,(H,25,30)/t17-,19-/m0/s1. The minimum Gasteiger partial charge on any atom is -0.456 e. The number of carbonyl (C=O) groups is 4. The van der Waals surface area contributed by atoms with Crippen molar-refractivity contribution in [1.29, 1.82) is 0 Å². The van der Waals surface area contributed by atoms with E-state index in [0.717, 1.165) is 37.1 Å². The molecule has 9 nitrogen and oxygen atoms in total. The van der Waals surface area contributed by atoms with Crippen LogP contribution in [0.25, 0.3) is 0 Å². The number of ether oxygens (including phenoxy) is 2. The van der Waals surface area contributed by atoms with Crippen LogP contribution in [0, 0.1) is 5.92 Å². The summed E-state index contributed by atoms with van der Waals surface area (Å²) in [6.07, 6.45) is 1.92. The van der Waals surface area contributed by atoms with E-state index in [1.165, 1.54) is 7.11 Å². The lowest BCUT2D eigenvalue weighted by molar-refractivity contribution is -0.230. The van der Waals surface area contributed by atoms with E-state index in [4.69, 9.17) is 9.57 Å². The Balaban J connectivity index is 1.70. The smallest absolute Gasteiger partial charge is 0.407 e. The van der Waals surface area contributed by atoms with Crippen LogP contribution in [0.3, 0.4) is 0 Å². The maximum atomic E-state index is 13.3. The van der Waals surface area contributed by atoms with Crippen molar-refractivity contribution in [2.45, 2.75) is 64.0 Å². The van der Waals surface area contributed by atoms with Gasteiger partial charge in [0.05, 0.1) is 12.7 Å². The van der Waals surface area contributed by atoms with E-state index in [0.29, 0.717) is 12.0 Å². The predicted molar refractivity (Wildman–Crippen MR) is 121 cm³/mol. The van der Waals surface area contributed by atoms with Gasteiger partial charge in [0.15, 0.2) is 25.7 Å². The van der Waals surface area contributed by atoms with E-state index in [9.17, 15) is 19.2 Å². The first-order valence-electron chi connectivity index (χ1n) is 11.3. The number of hydroxylamine groups is 2. The molecule has 0 aromatic heterocycles. The number of rotatable bonds is 8. The quantitative estimate of drug-likeness (QED) is 0.356. The highest BCUT2D eigenvalue weighted by molar-refractivity contribution is 6.51. The monoisotopic (exact) mass is 458 g/mol. The summed E-state index contributed by atoms with van der Waals surface area (Å²) < 4.78 is 9.93. The molecule has 0 bridgehead atoms. The van der Waals surface area contributed by atoms with Crippen molar-refractivity contribution in [3.63, 3.8) is 0 Å². The van der Waals surface area contributed by atoms with Crippen LogP contribution >= 0.6 is 0 Å². The van der Waals surface area contributed by atoms with Crippen molar-refractivity contribution in [3.05, 3.63) is 29.8 Å². The molecule has 1 aromatic carbocycles. The molecule has 2 amide bonds. The van der Waals surface area contributed by atoms with E-state index in [1.54, 1.807) is 26.0 Å². The lowest BCUT2D eigenvalue weighted by Gasteiger charge is -2.37. The molecule has 1 aliphatic heterocycles. The van der Waals surface area contributed by atoms with Gasteiger partial charge in [0.1, 0.15) is 6.04 Å². The summed E-state index contributed by atoms with van der Waals surface area (Å²) in [7, 11) is 2.07. The molecule has 2 aliphatic rings. The zero-order valence-corrected chi connectivity index (χ0v) is 19.6. The second-order valence-corrected chi connectivity index (χ2v) is 8.95. The number of amides is 2. The fraction of sp³-hybridized carbons (Fsp3) is 0.565. The molecule has 1 spiro atoms. The molecule has 2 fully saturated rings. The number of Topliss-reactive ketones (excluding diaryl/α,β-unsaturated/α-hetero) is 1. The molecule has 1 aliphatic carbocycles. The van der Waals surface area contributed by atoms with E-state index >= 15 is 0 Å². The molecular formula is C23H31BN2O7. The second kappa shape index (κ2) is 10.4. The Kier molecular flexibility index (Phi) is 7.78. The summed E-state index contributed by atoms with van der Waals surface area (Å²) in [6, 6.07) is 5.20. The van der Waals surface area contributed by atoms with Gasteiger partial charge in [-0.25, -0.2) is 14.7 Å². The van der Waals surface area contributed by atoms with Crippen LogP contribution in [0.1, 0.15) is 49.9 Å². The number of hydrogen-bond acceptors (Lipinski definition) is 7. The third kappa shape index (κ3) is 5.55. The topological polar surface area (TPSA) is 111 Å². The Morgan fingerprint density at radius 1 is 1.21 bits per heavy atom. The number of nitrogens with zero attached hydrogens (tertiary/aromatic N) is 1. The molecule has 1 aromatic rings. The van der Waals surface area contributed by atoms with Gasteiger partial charge in [-0.1, -0.05) is 50.4 Å². The molecule has 2 atom stereocenters. The van der Waals surface area contributed by atoms with Gasteiger partial charge in [0.25, 0.3) is 5.91 Å². The average Bonchev–Trinajstić information content (AvgIpc) is 3.22. The summed E-state index contributed by atoms with van der Waals surface area (Å²) in [6.45, 7) is 5.13. The number of ketones is 1. The summed E-state index contributed by atoms with van der Waals surface area (Å²) in [5.74, 6) is -1.86. The molecule has 178 valence electrons. The van der Waals surface area contributed by atoms with Crippen molar-refractivity contribution in [1.82, 2.24) is 10.4 Å². The highest BCUT2D eigenvalue weighted by atomic mass is 16.7. The normalized spacial score (nSPS) is 19.5.